The van der Waals surface area contributed by atoms with Gasteiger partial charge in [0, 0.05) is 0 Å². The van der Waals surface area contributed by atoms with Gasteiger partial charge in [-0.1, -0.05) is 12.1 Å². The van der Waals surface area contributed by atoms with Crippen LogP contribution in [0.4, 0.5) is 0 Å². The second-order valence-corrected chi connectivity index (χ2v) is 5.66. The van der Waals surface area contributed by atoms with Crippen LogP contribution in [0.2, 0.25) is 0 Å². The molecule has 2 nitrogen and oxygen atoms in total. The van der Waals surface area contributed by atoms with Crippen LogP contribution in [0.3, 0.4) is 0 Å². The Bertz CT molecular complexity index is 454. The van der Waals surface area contributed by atoms with Crippen LogP contribution in [0.5, 0.6) is 0 Å². The Kier molecular flexibility index (Phi) is 2.65. The molecule has 0 radical (unpaired) electrons. The van der Waals surface area contributed by atoms with Crippen molar-refractivity contribution in [3.8, 4) is 0 Å². The molecule has 3 rings (SSSR count). The van der Waals surface area contributed by atoms with Crippen molar-refractivity contribution in [2.45, 2.75) is 25.8 Å². The Morgan fingerprint density at radius 1 is 1.44 bits per heavy atom. The van der Waals surface area contributed by atoms with Crippen LogP contribution >= 0.6 is 11.3 Å². The van der Waals surface area contributed by atoms with Gasteiger partial charge in [0.2, 0.25) is 0 Å². The van der Waals surface area contributed by atoms with Gasteiger partial charge in [-0.15, -0.1) is 11.3 Å². The SMILES string of the molecule is CC(NCC1CC1)c1nc2ccccc2s1. The standard InChI is InChI=1S/C13H16N2S/c1-9(14-8-10-6-7-10)13-15-11-4-2-3-5-12(11)16-13/h2-5,9-10,14H,6-8H2,1H3. The number of fused-ring (bicyclic) bond motifs is 1. The predicted molar refractivity (Wildman–Crippen MR) is 68.8 cm³/mol. The third kappa shape index (κ3) is 2.11. The van der Waals surface area contributed by atoms with Crippen molar-refractivity contribution >= 4 is 21.6 Å². The number of para-hydroxylation sites is 1. The maximum Gasteiger partial charge on any atom is 0.111 e. The number of thiazole rings is 1. The summed E-state index contributed by atoms with van der Waals surface area (Å²) in [5.41, 5.74) is 1.13. The normalized spacial score (nSPS) is 17.8. The van der Waals surface area contributed by atoms with Crippen molar-refractivity contribution < 1.29 is 0 Å². The van der Waals surface area contributed by atoms with Gasteiger partial charge in [0.15, 0.2) is 0 Å². The van der Waals surface area contributed by atoms with E-state index >= 15 is 0 Å². The molecule has 2 aromatic rings. The lowest BCUT2D eigenvalue weighted by Crippen LogP contribution is -2.20. The summed E-state index contributed by atoms with van der Waals surface area (Å²) in [6.45, 7) is 3.36. The molecule has 0 amide bonds. The van der Waals surface area contributed by atoms with Crippen molar-refractivity contribution in [2.24, 2.45) is 5.92 Å². The Morgan fingerprint density at radius 2 is 2.25 bits per heavy atom. The molecule has 1 saturated carbocycles. The molecule has 1 unspecified atom stereocenters. The van der Waals surface area contributed by atoms with Gasteiger partial charge in [0.1, 0.15) is 5.01 Å². The Balaban J connectivity index is 1.76. The monoisotopic (exact) mass is 232 g/mol. The van der Waals surface area contributed by atoms with Crippen LogP contribution in [-0.2, 0) is 0 Å². The highest BCUT2D eigenvalue weighted by molar-refractivity contribution is 7.18. The van der Waals surface area contributed by atoms with E-state index in [2.05, 4.69) is 35.4 Å². The maximum absolute atomic E-state index is 4.67. The molecule has 0 saturated heterocycles. The molecule has 1 aliphatic carbocycles. The molecule has 1 atom stereocenters. The summed E-state index contributed by atoms with van der Waals surface area (Å²) >= 11 is 1.80. The number of hydrogen-bond donors (Lipinski definition) is 1. The van der Waals surface area contributed by atoms with Crippen molar-refractivity contribution in [1.82, 2.24) is 10.3 Å². The van der Waals surface area contributed by atoms with Crippen LogP contribution in [-0.4, -0.2) is 11.5 Å². The van der Waals surface area contributed by atoms with E-state index in [1.165, 1.54) is 22.5 Å². The Morgan fingerprint density at radius 3 is 3.00 bits per heavy atom. The number of rotatable bonds is 4. The third-order valence-electron chi connectivity index (χ3n) is 3.09. The van der Waals surface area contributed by atoms with E-state index in [4.69, 9.17) is 0 Å². The molecular weight excluding hydrogens is 216 g/mol. The van der Waals surface area contributed by atoms with Crippen molar-refractivity contribution in [3.05, 3.63) is 29.3 Å². The van der Waals surface area contributed by atoms with Crippen molar-refractivity contribution in [2.75, 3.05) is 6.54 Å². The fourth-order valence-corrected chi connectivity index (χ4v) is 2.82. The van der Waals surface area contributed by atoms with Gasteiger partial charge in [0.05, 0.1) is 16.3 Å². The molecule has 1 aromatic carbocycles. The first-order valence-corrected chi connectivity index (χ1v) is 6.73. The van der Waals surface area contributed by atoms with Gasteiger partial charge in [-0.05, 0) is 44.4 Å². The molecule has 0 bridgehead atoms. The minimum absolute atomic E-state index is 0.387. The number of nitrogens with zero attached hydrogens (tertiary/aromatic N) is 1. The van der Waals surface area contributed by atoms with Crippen molar-refractivity contribution in [1.29, 1.82) is 0 Å². The molecule has 84 valence electrons. The van der Waals surface area contributed by atoms with E-state index in [9.17, 15) is 0 Å². The predicted octanol–water partition coefficient (Wildman–Crippen LogP) is 3.36. The number of hydrogen-bond acceptors (Lipinski definition) is 3. The number of nitrogens with one attached hydrogen (secondary N) is 1. The highest BCUT2D eigenvalue weighted by Gasteiger charge is 2.22. The summed E-state index contributed by atoms with van der Waals surface area (Å²) in [5, 5.41) is 4.78. The van der Waals surface area contributed by atoms with Gasteiger partial charge >= 0.3 is 0 Å². The molecule has 1 heterocycles. The molecule has 0 spiro atoms. The Hall–Kier alpha value is -0.930. The van der Waals surface area contributed by atoms with Gasteiger partial charge in [-0.2, -0.15) is 0 Å². The van der Waals surface area contributed by atoms with Gasteiger partial charge in [0.25, 0.3) is 0 Å². The lowest BCUT2D eigenvalue weighted by molar-refractivity contribution is 0.547. The molecule has 3 heteroatoms. The quantitative estimate of drug-likeness (QED) is 0.874. The fraction of sp³-hybridized carbons (Fsp3) is 0.462. The molecule has 1 aliphatic rings. The fourth-order valence-electron chi connectivity index (χ4n) is 1.83. The summed E-state index contributed by atoms with van der Waals surface area (Å²) in [7, 11) is 0. The maximum atomic E-state index is 4.67. The first-order valence-electron chi connectivity index (χ1n) is 5.92. The summed E-state index contributed by atoms with van der Waals surface area (Å²) in [6.07, 6.45) is 2.80. The van der Waals surface area contributed by atoms with Crippen LogP contribution in [0.15, 0.2) is 24.3 Å². The highest BCUT2D eigenvalue weighted by atomic mass is 32.1. The molecular formula is C13H16N2S. The minimum Gasteiger partial charge on any atom is -0.308 e. The summed E-state index contributed by atoms with van der Waals surface area (Å²) < 4.78 is 1.29. The van der Waals surface area contributed by atoms with E-state index in [-0.39, 0.29) is 0 Å². The van der Waals surface area contributed by atoms with E-state index < -0.39 is 0 Å². The average Bonchev–Trinajstić information content (AvgIpc) is 3.02. The van der Waals surface area contributed by atoms with E-state index in [0.29, 0.717) is 6.04 Å². The molecule has 0 aliphatic heterocycles. The highest BCUT2D eigenvalue weighted by Crippen LogP contribution is 2.30. The van der Waals surface area contributed by atoms with E-state index in [1.807, 2.05) is 6.07 Å². The van der Waals surface area contributed by atoms with Crippen LogP contribution in [0.25, 0.3) is 10.2 Å². The van der Waals surface area contributed by atoms with Crippen molar-refractivity contribution in [3.63, 3.8) is 0 Å². The minimum atomic E-state index is 0.387. The third-order valence-corrected chi connectivity index (χ3v) is 4.31. The van der Waals surface area contributed by atoms with Crippen LogP contribution in [0.1, 0.15) is 30.8 Å². The average molecular weight is 232 g/mol. The Labute approximate surface area is 99.7 Å². The summed E-state index contributed by atoms with van der Waals surface area (Å²) in [5.74, 6) is 0.928. The molecule has 1 aromatic heterocycles. The lowest BCUT2D eigenvalue weighted by atomic mass is 10.3. The number of benzene rings is 1. The molecule has 16 heavy (non-hydrogen) atoms. The van der Waals surface area contributed by atoms with Gasteiger partial charge < -0.3 is 5.32 Å². The largest absolute Gasteiger partial charge is 0.308 e. The summed E-state index contributed by atoms with van der Waals surface area (Å²) in [4.78, 5) is 4.67. The molecule has 1 fully saturated rings. The smallest absolute Gasteiger partial charge is 0.111 e. The molecule has 1 N–H and O–H groups in total. The zero-order chi connectivity index (χ0) is 11.0. The first-order chi connectivity index (χ1) is 7.83. The van der Waals surface area contributed by atoms with Crippen LogP contribution < -0.4 is 5.32 Å². The van der Waals surface area contributed by atoms with Gasteiger partial charge in [-0.3, -0.25) is 0 Å². The zero-order valence-electron chi connectivity index (χ0n) is 9.44. The zero-order valence-corrected chi connectivity index (χ0v) is 10.3. The number of aromatic nitrogens is 1. The summed E-state index contributed by atoms with van der Waals surface area (Å²) in [6, 6.07) is 8.74. The topological polar surface area (TPSA) is 24.9 Å². The first kappa shape index (κ1) is 10.2. The van der Waals surface area contributed by atoms with Crippen LogP contribution in [0, 0.1) is 5.92 Å². The lowest BCUT2D eigenvalue weighted by Gasteiger charge is -2.09. The second-order valence-electron chi connectivity index (χ2n) is 4.59. The second kappa shape index (κ2) is 4.15. The van der Waals surface area contributed by atoms with Gasteiger partial charge in [-0.25, -0.2) is 4.98 Å². The van der Waals surface area contributed by atoms with E-state index in [1.54, 1.807) is 11.3 Å². The van der Waals surface area contributed by atoms with E-state index in [0.717, 1.165) is 18.0 Å².